The summed E-state index contributed by atoms with van der Waals surface area (Å²) in [7, 11) is 0. The Morgan fingerprint density at radius 1 is 1.21 bits per heavy atom. The molecule has 0 radical (unpaired) electrons. The normalized spacial score (nSPS) is 28.8. The number of rotatable bonds is 4. The zero-order valence-electron chi connectivity index (χ0n) is 14.3. The molecule has 2 aliphatic heterocycles. The molecule has 0 bridgehead atoms. The predicted octanol–water partition coefficient (Wildman–Crippen LogP) is 1.76. The second kappa shape index (κ2) is 7.19. The molecule has 0 unspecified atom stereocenters. The first kappa shape index (κ1) is 16.0. The number of ether oxygens (including phenoxy) is 1. The van der Waals surface area contributed by atoms with Crippen LogP contribution in [-0.4, -0.2) is 66.6 Å². The highest BCUT2D eigenvalue weighted by molar-refractivity contribution is 5.83. The molecule has 24 heavy (non-hydrogen) atoms. The van der Waals surface area contributed by atoms with Crippen LogP contribution in [0, 0.1) is 11.8 Å². The van der Waals surface area contributed by atoms with E-state index in [2.05, 4.69) is 20.9 Å². The molecular weight excluding hydrogens is 302 g/mol. The molecule has 0 spiro atoms. The molecule has 1 aliphatic carbocycles. The summed E-state index contributed by atoms with van der Waals surface area (Å²) in [5.74, 6) is 1.71. The topological polar surface area (TPSA) is 45.7 Å². The molecule has 2 saturated heterocycles. The smallest absolute Gasteiger partial charge is 0.226 e. The predicted molar refractivity (Wildman–Crippen MR) is 91.6 cm³/mol. The Morgan fingerprint density at radius 2 is 2.00 bits per heavy atom. The van der Waals surface area contributed by atoms with Gasteiger partial charge in [-0.3, -0.25) is 14.7 Å². The van der Waals surface area contributed by atoms with Crippen molar-refractivity contribution in [2.45, 2.75) is 25.2 Å². The lowest BCUT2D eigenvalue weighted by Crippen LogP contribution is -2.44. The monoisotopic (exact) mass is 329 g/mol. The zero-order chi connectivity index (χ0) is 16.4. The average Bonchev–Trinajstić information content (AvgIpc) is 3.44. The second-order valence-corrected chi connectivity index (χ2v) is 7.42. The van der Waals surface area contributed by atoms with Crippen LogP contribution in [0.25, 0.3) is 0 Å². The number of carbonyl (C=O) groups is 1. The Hall–Kier alpha value is -1.46. The fraction of sp³-hybridized carbons (Fsp3) is 0.684. The summed E-state index contributed by atoms with van der Waals surface area (Å²) in [6.07, 6.45) is 6.99. The molecule has 3 heterocycles. The van der Waals surface area contributed by atoms with Gasteiger partial charge in [-0.05, 0) is 42.7 Å². The van der Waals surface area contributed by atoms with E-state index in [1.165, 1.54) is 12.1 Å². The van der Waals surface area contributed by atoms with E-state index in [0.717, 1.165) is 64.6 Å². The number of piperidine rings is 1. The van der Waals surface area contributed by atoms with Crippen LogP contribution in [0.2, 0.25) is 0 Å². The van der Waals surface area contributed by atoms with Gasteiger partial charge in [0.05, 0.1) is 13.2 Å². The van der Waals surface area contributed by atoms with E-state index >= 15 is 0 Å². The standard InChI is InChI=1S/C19H27N3O2/c23-19(18-12-17(18)16-2-1-5-20-13-16)22-6-3-15(4-7-22)14-21-8-10-24-11-9-21/h1-2,5,13,15,17-18H,3-4,6-12,14H2/t17-,18+/m0/s1. The molecule has 3 fully saturated rings. The highest BCUT2D eigenvalue weighted by Gasteiger charge is 2.46. The van der Waals surface area contributed by atoms with Gasteiger partial charge in [-0.25, -0.2) is 0 Å². The summed E-state index contributed by atoms with van der Waals surface area (Å²) in [5.41, 5.74) is 1.22. The first-order valence-corrected chi connectivity index (χ1v) is 9.30. The summed E-state index contributed by atoms with van der Waals surface area (Å²) < 4.78 is 5.42. The fourth-order valence-corrected chi connectivity index (χ4v) is 4.15. The lowest BCUT2D eigenvalue weighted by atomic mass is 9.95. The van der Waals surface area contributed by atoms with Crippen molar-refractivity contribution in [3.8, 4) is 0 Å². The summed E-state index contributed by atoms with van der Waals surface area (Å²) in [6, 6.07) is 4.06. The number of morpholine rings is 1. The van der Waals surface area contributed by atoms with E-state index in [0.29, 0.717) is 11.8 Å². The van der Waals surface area contributed by atoms with Crippen LogP contribution < -0.4 is 0 Å². The third kappa shape index (κ3) is 3.62. The molecule has 1 saturated carbocycles. The molecule has 1 aromatic rings. The van der Waals surface area contributed by atoms with E-state index in [1.54, 1.807) is 6.20 Å². The van der Waals surface area contributed by atoms with Gasteiger partial charge >= 0.3 is 0 Å². The molecule has 130 valence electrons. The van der Waals surface area contributed by atoms with Crippen LogP contribution in [0.4, 0.5) is 0 Å². The number of hydrogen-bond donors (Lipinski definition) is 0. The van der Waals surface area contributed by atoms with Gasteiger partial charge in [0.2, 0.25) is 5.91 Å². The van der Waals surface area contributed by atoms with Crippen LogP contribution in [0.1, 0.15) is 30.7 Å². The van der Waals surface area contributed by atoms with Gasteiger partial charge in [-0.15, -0.1) is 0 Å². The van der Waals surface area contributed by atoms with Gasteiger partial charge in [0, 0.05) is 51.0 Å². The lowest BCUT2D eigenvalue weighted by molar-refractivity contribution is -0.134. The Morgan fingerprint density at radius 3 is 2.71 bits per heavy atom. The maximum atomic E-state index is 12.7. The van der Waals surface area contributed by atoms with Gasteiger partial charge in [0.15, 0.2) is 0 Å². The third-order valence-electron chi connectivity index (χ3n) is 5.77. The van der Waals surface area contributed by atoms with E-state index < -0.39 is 0 Å². The van der Waals surface area contributed by atoms with Gasteiger partial charge in [0.25, 0.3) is 0 Å². The molecule has 5 heteroatoms. The number of carbonyl (C=O) groups excluding carboxylic acids is 1. The minimum Gasteiger partial charge on any atom is -0.379 e. The maximum Gasteiger partial charge on any atom is 0.226 e. The third-order valence-corrected chi connectivity index (χ3v) is 5.77. The lowest BCUT2D eigenvalue weighted by Gasteiger charge is -2.36. The summed E-state index contributed by atoms with van der Waals surface area (Å²) in [4.78, 5) is 21.5. The number of hydrogen-bond acceptors (Lipinski definition) is 4. The van der Waals surface area contributed by atoms with Crippen molar-refractivity contribution in [1.82, 2.24) is 14.8 Å². The van der Waals surface area contributed by atoms with Crippen molar-refractivity contribution in [2.24, 2.45) is 11.8 Å². The number of pyridine rings is 1. The zero-order valence-corrected chi connectivity index (χ0v) is 14.3. The molecule has 5 nitrogen and oxygen atoms in total. The van der Waals surface area contributed by atoms with Crippen LogP contribution in [0.15, 0.2) is 24.5 Å². The van der Waals surface area contributed by atoms with E-state index in [4.69, 9.17) is 4.74 Å². The van der Waals surface area contributed by atoms with Crippen LogP contribution >= 0.6 is 0 Å². The fourth-order valence-electron chi connectivity index (χ4n) is 4.15. The summed E-state index contributed by atoms with van der Waals surface area (Å²) >= 11 is 0. The molecular formula is C19H27N3O2. The van der Waals surface area contributed by atoms with Crippen LogP contribution in [-0.2, 0) is 9.53 Å². The highest BCUT2D eigenvalue weighted by atomic mass is 16.5. The van der Waals surface area contributed by atoms with Gasteiger partial charge < -0.3 is 9.64 Å². The van der Waals surface area contributed by atoms with Crippen molar-refractivity contribution < 1.29 is 9.53 Å². The first-order chi connectivity index (χ1) is 11.8. The Bertz CT molecular complexity index is 551. The van der Waals surface area contributed by atoms with Crippen LogP contribution in [0.5, 0.6) is 0 Å². The quantitative estimate of drug-likeness (QED) is 0.844. The highest BCUT2D eigenvalue weighted by Crippen LogP contribution is 2.48. The average molecular weight is 329 g/mol. The molecule has 3 aliphatic rings. The Labute approximate surface area is 144 Å². The summed E-state index contributed by atoms with van der Waals surface area (Å²) in [5, 5.41) is 0. The Balaban J connectivity index is 1.23. The summed E-state index contributed by atoms with van der Waals surface area (Å²) in [6.45, 7) is 6.91. The number of likely N-dealkylation sites (tertiary alicyclic amines) is 1. The maximum absolute atomic E-state index is 12.7. The van der Waals surface area contributed by atoms with Crippen molar-refractivity contribution in [2.75, 3.05) is 45.9 Å². The molecule has 0 N–H and O–H groups in total. The van der Waals surface area contributed by atoms with Crippen molar-refractivity contribution in [3.63, 3.8) is 0 Å². The van der Waals surface area contributed by atoms with E-state index in [1.807, 2.05) is 12.3 Å². The van der Waals surface area contributed by atoms with E-state index in [-0.39, 0.29) is 5.92 Å². The van der Waals surface area contributed by atoms with Crippen molar-refractivity contribution >= 4 is 5.91 Å². The first-order valence-electron chi connectivity index (χ1n) is 9.30. The van der Waals surface area contributed by atoms with Crippen molar-refractivity contribution in [1.29, 1.82) is 0 Å². The molecule has 1 amide bonds. The number of amides is 1. The van der Waals surface area contributed by atoms with Crippen molar-refractivity contribution in [3.05, 3.63) is 30.1 Å². The Kier molecular flexibility index (Phi) is 4.81. The van der Waals surface area contributed by atoms with Gasteiger partial charge in [0.1, 0.15) is 0 Å². The van der Waals surface area contributed by atoms with E-state index in [9.17, 15) is 4.79 Å². The minimum absolute atomic E-state index is 0.199. The van der Waals surface area contributed by atoms with Gasteiger partial charge in [-0.1, -0.05) is 6.07 Å². The largest absolute Gasteiger partial charge is 0.379 e. The second-order valence-electron chi connectivity index (χ2n) is 7.42. The van der Waals surface area contributed by atoms with Crippen LogP contribution in [0.3, 0.4) is 0 Å². The number of aromatic nitrogens is 1. The molecule has 1 aromatic heterocycles. The van der Waals surface area contributed by atoms with Gasteiger partial charge in [-0.2, -0.15) is 0 Å². The minimum atomic E-state index is 0.199. The molecule has 4 rings (SSSR count). The molecule has 0 aromatic carbocycles. The number of nitrogens with zero attached hydrogens (tertiary/aromatic N) is 3. The SMILES string of the molecule is O=C([C@@H]1C[C@H]1c1cccnc1)N1CCC(CN2CCOCC2)CC1. The molecule has 2 atom stereocenters.